The molecule has 7 nitrogen and oxygen atoms in total. The van der Waals surface area contributed by atoms with Gasteiger partial charge in [-0.25, -0.2) is 9.59 Å². The predicted octanol–water partition coefficient (Wildman–Crippen LogP) is 2.92. The van der Waals surface area contributed by atoms with Gasteiger partial charge in [0.1, 0.15) is 5.60 Å². The number of likely N-dealkylation sites (tertiary alicyclic amines) is 1. The fourth-order valence-corrected chi connectivity index (χ4v) is 2.35. The highest BCUT2D eigenvalue weighted by Gasteiger charge is 2.36. The highest BCUT2D eigenvalue weighted by atomic mass is 16.6. The average Bonchev–Trinajstić information content (AvgIpc) is 3.06. The van der Waals surface area contributed by atoms with Crippen LogP contribution in [0.3, 0.4) is 0 Å². The van der Waals surface area contributed by atoms with E-state index in [4.69, 9.17) is 14.0 Å². The molecule has 0 N–H and O–H groups in total. The molecule has 0 saturated carbocycles. The van der Waals surface area contributed by atoms with Crippen molar-refractivity contribution in [2.24, 2.45) is 0 Å². The molecule has 7 heteroatoms. The van der Waals surface area contributed by atoms with E-state index in [1.54, 1.807) is 11.8 Å². The van der Waals surface area contributed by atoms with E-state index in [1.165, 1.54) is 6.07 Å². The fourth-order valence-electron chi connectivity index (χ4n) is 2.35. The summed E-state index contributed by atoms with van der Waals surface area (Å²) >= 11 is 0. The summed E-state index contributed by atoms with van der Waals surface area (Å²) in [5.74, 6) is -0.0503. The van der Waals surface area contributed by atoms with Crippen molar-refractivity contribution in [1.82, 2.24) is 10.1 Å². The molecule has 1 aromatic heterocycles. The number of rotatable bonds is 3. The first-order valence-corrected chi connectivity index (χ1v) is 7.45. The van der Waals surface area contributed by atoms with Crippen molar-refractivity contribution >= 4 is 12.1 Å². The average molecular weight is 310 g/mol. The maximum absolute atomic E-state index is 12.2. The number of amides is 1. The number of ether oxygens (including phenoxy) is 2. The van der Waals surface area contributed by atoms with Crippen molar-refractivity contribution in [1.29, 1.82) is 0 Å². The minimum absolute atomic E-state index is 0.118. The molecule has 1 aliphatic rings. The van der Waals surface area contributed by atoms with Crippen LogP contribution in [0.25, 0.3) is 0 Å². The molecule has 1 aromatic rings. The number of aromatic nitrogens is 1. The molecule has 0 bridgehead atoms. The number of esters is 1. The van der Waals surface area contributed by atoms with Crippen molar-refractivity contribution in [2.75, 3.05) is 13.2 Å². The van der Waals surface area contributed by atoms with Crippen LogP contribution < -0.4 is 0 Å². The lowest BCUT2D eigenvalue weighted by Gasteiger charge is -2.27. The molecule has 0 spiro atoms. The van der Waals surface area contributed by atoms with Crippen LogP contribution in [-0.4, -0.2) is 40.9 Å². The Morgan fingerprint density at radius 2 is 2.18 bits per heavy atom. The Morgan fingerprint density at radius 3 is 2.82 bits per heavy atom. The number of carbonyl (C=O) groups is 2. The SMILES string of the molecule is CCOC(=O)c1cc([C@@H]2CCCN2C(=O)OC(C)(C)C)on1. The minimum atomic E-state index is -0.554. The summed E-state index contributed by atoms with van der Waals surface area (Å²) in [4.78, 5) is 25.5. The van der Waals surface area contributed by atoms with Crippen LogP contribution in [0.1, 0.15) is 62.8 Å². The number of nitrogens with zero attached hydrogens (tertiary/aromatic N) is 2. The van der Waals surface area contributed by atoms with Crippen LogP contribution in [0.4, 0.5) is 4.79 Å². The van der Waals surface area contributed by atoms with E-state index in [2.05, 4.69) is 5.16 Å². The Morgan fingerprint density at radius 1 is 1.45 bits per heavy atom. The Hall–Kier alpha value is -2.05. The molecule has 0 unspecified atom stereocenters. The first-order valence-electron chi connectivity index (χ1n) is 7.45. The number of hydrogen-bond acceptors (Lipinski definition) is 6. The summed E-state index contributed by atoms with van der Waals surface area (Å²) in [5, 5.41) is 3.72. The molecule has 1 aliphatic heterocycles. The Bertz CT molecular complexity index is 546. The van der Waals surface area contributed by atoms with E-state index in [0.717, 1.165) is 12.8 Å². The highest BCUT2D eigenvalue weighted by molar-refractivity contribution is 5.87. The van der Waals surface area contributed by atoms with E-state index in [-0.39, 0.29) is 24.4 Å². The second-order valence-electron chi connectivity index (χ2n) is 6.17. The standard InChI is InChI=1S/C15H22N2O5/c1-5-20-13(18)10-9-12(22-16-10)11-7-6-8-17(11)14(19)21-15(2,3)4/h9,11H,5-8H2,1-4H3/t11-/m0/s1. The van der Waals surface area contributed by atoms with Gasteiger partial charge in [-0.15, -0.1) is 0 Å². The molecule has 0 aromatic carbocycles. The third-order valence-corrected chi connectivity index (χ3v) is 3.22. The summed E-state index contributed by atoms with van der Waals surface area (Å²) in [7, 11) is 0. The van der Waals surface area contributed by atoms with Gasteiger partial charge >= 0.3 is 12.1 Å². The van der Waals surface area contributed by atoms with E-state index in [1.807, 2.05) is 20.8 Å². The minimum Gasteiger partial charge on any atom is -0.461 e. The third-order valence-electron chi connectivity index (χ3n) is 3.22. The molecule has 1 atom stereocenters. The first kappa shape index (κ1) is 16.3. The monoisotopic (exact) mass is 310 g/mol. The van der Waals surface area contributed by atoms with Gasteiger partial charge in [-0.1, -0.05) is 5.16 Å². The smallest absolute Gasteiger partial charge is 0.410 e. The summed E-state index contributed by atoms with van der Waals surface area (Å²) in [6.07, 6.45) is 1.21. The molecule has 122 valence electrons. The Kier molecular flexibility index (Phi) is 4.73. The molecule has 22 heavy (non-hydrogen) atoms. The van der Waals surface area contributed by atoms with Gasteiger partial charge < -0.3 is 14.0 Å². The van der Waals surface area contributed by atoms with E-state index >= 15 is 0 Å². The van der Waals surface area contributed by atoms with Gasteiger partial charge in [-0.05, 0) is 40.5 Å². The zero-order valence-corrected chi connectivity index (χ0v) is 13.4. The van der Waals surface area contributed by atoms with Gasteiger partial charge in [0.15, 0.2) is 11.5 Å². The molecular weight excluding hydrogens is 288 g/mol. The molecule has 1 fully saturated rings. The largest absolute Gasteiger partial charge is 0.461 e. The van der Waals surface area contributed by atoms with Crippen LogP contribution in [0.2, 0.25) is 0 Å². The second kappa shape index (κ2) is 6.37. The Balaban J connectivity index is 2.10. The number of hydrogen-bond donors (Lipinski definition) is 0. The highest BCUT2D eigenvalue weighted by Crippen LogP contribution is 2.33. The molecule has 1 amide bonds. The van der Waals surface area contributed by atoms with Crippen LogP contribution in [0.15, 0.2) is 10.6 Å². The molecule has 1 saturated heterocycles. The molecule has 0 aliphatic carbocycles. The van der Waals surface area contributed by atoms with Gasteiger partial charge in [0.2, 0.25) is 0 Å². The van der Waals surface area contributed by atoms with Crippen LogP contribution in [0, 0.1) is 0 Å². The third kappa shape index (κ3) is 3.78. The zero-order chi connectivity index (χ0) is 16.3. The first-order chi connectivity index (χ1) is 10.3. The number of carbonyl (C=O) groups excluding carboxylic acids is 2. The lowest BCUT2D eigenvalue weighted by Crippen LogP contribution is -2.36. The molecule has 2 rings (SSSR count). The normalized spacial score (nSPS) is 18.4. The van der Waals surface area contributed by atoms with Gasteiger partial charge in [-0.3, -0.25) is 4.90 Å². The maximum atomic E-state index is 12.2. The van der Waals surface area contributed by atoms with E-state index in [9.17, 15) is 9.59 Å². The van der Waals surface area contributed by atoms with Gasteiger partial charge in [0, 0.05) is 12.6 Å². The molecule has 2 heterocycles. The second-order valence-corrected chi connectivity index (χ2v) is 6.17. The van der Waals surface area contributed by atoms with Crippen LogP contribution >= 0.6 is 0 Å². The van der Waals surface area contributed by atoms with Crippen LogP contribution in [-0.2, 0) is 9.47 Å². The van der Waals surface area contributed by atoms with Crippen LogP contribution in [0.5, 0.6) is 0 Å². The van der Waals surface area contributed by atoms with Crippen molar-refractivity contribution in [3.8, 4) is 0 Å². The molecular formula is C15H22N2O5. The van der Waals surface area contributed by atoms with Crippen molar-refractivity contribution < 1.29 is 23.6 Å². The quantitative estimate of drug-likeness (QED) is 0.798. The van der Waals surface area contributed by atoms with Gasteiger partial charge in [0.05, 0.1) is 12.6 Å². The van der Waals surface area contributed by atoms with Crippen molar-refractivity contribution in [3.63, 3.8) is 0 Å². The van der Waals surface area contributed by atoms with Gasteiger partial charge in [-0.2, -0.15) is 0 Å². The maximum Gasteiger partial charge on any atom is 0.410 e. The summed E-state index contributed by atoms with van der Waals surface area (Å²) < 4.78 is 15.5. The zero-order valence-electron chi connectivity index (χ0n) is 13.4. The summed E-state index contributed by atoms with van der Waals surface area (Å²) in [6, 6.07) is 1.27. The Labute approximate surface area is 129 Å². The van der Waals surface area contributed by atoms with Gasteiger partial charge in [0.25, 0.3) is 0 Å². The summed E-state index contributed by atoms with van der Waals surface area (Å²) in [5.41, 5.74) is -0.435. The molecule has 0 radical (unpaired) electrons. The fraction of sp³-hybridized carbons (Fsp3) is 0.667. The van der Waals surface area contributed by atoms with Crippen molar-refractivity contribution in [3.05, 3.63) is 17.5 Å². The lowest BCUT2D eigenvalue weighted by molar-refractivity contribution is 0.0203. The van der Waals surface area contributed by atoms with E-state index < -0.39 is 11.6 Å². The summed E-state index contributed by atoms with van der Waals surface area (Å²) in [6.45, 7) is 8.06. The van der Waals surface area contributed by atoms with E-state index in [0.29, 0.717) is 12.3 Å². The lowest BCUT2D eigenvalue weighted by atomic mass is 10.1. The van der Waals surface area contributed by atoms with Crippen molar-refractivity contribution in [2.45, 2.75) is 52.2 Å². The topological polar surface area (TPSA) is 81.9 Å². The predicted molar refractivity (Wildman–Crippen MR) is 77.4 cm³/mol.